The van der Waals surface area contributed by atoms with Gasteiger partial charge in [0.1, 0.15) is 4.90 Å². The van der Waals surface area contributed by atoms with Gasteiger partial charge in [0.05, 0.1) is 0 Å². The molecule has 0 bridgehead atoms. The number of thioether (sulfide) groups is 1. The molecule has 2 heterocycles. The monoisotopic (exact) mass is 316 g/mol. The Morgan fingerprint density at radius 2 is 2.20 bits per heavy atom. The summed E-state index contributed by atoms with van der Waals surface area (Å²) in [5.41, 5.74) is 2.35. The minimum Gasteiger partial charge on any atom is -0.307 e. The summed E-state index contributed by atoms with van der Waals surface area (Å²) < 4.78 is 27.0. The van der Waals surface area contributed by atoms with Gasteiger partial charge in [0.15, 0.2) is 5.82 Å². The minimum absolute atomic E-state index is 0.105. The average Bonchev–Trinajstić information content (AvgIpc) is 2.60. The Morgan fingerprint density at radius 1 is 1.45 bits per heavy atom. The third kappa shape index (κ3) is 3.25. The zero-order valence-corrected chi connectivity index (χ0v) is 13.3. The van der Waals surface area contributed by atoms with E-state index in [0.717, 1.165) is 12.2 Å². The van der Waals surface area contributed by atoms with E-state index in [1.165, 1.54) is 16.6 Å². The lowest BCUT2D eigenvalue weighted by molar-refractivity contribution is 0.415. The number of hydrogen-bond acceptors (Lipinski definition) is 6. The van der Waals surface area contributed by atoms with Crippen LogP contribution in [-0.4, -0.2) is 41.3 Å². The third-order valence-electron chi connectivity index (χ3n) is 3.32. The summed E-state index contributed by atoms with van der Waals surface area (Å²) in [7, 11) is -3.56. The van der Waals surface area contributed by atoms with Gasteiger partial charge in [-0.2, -0.15) is 16.1 Å². The van der Waals surface area contributed by atoms with Gasteiger partial charge in [-0.1, -0.05) is 13.8 Å². The van der Waals surface area contributed by atoms with Crippen molar-refractivity contribution < 1.29 is 8.42 Å². The Balaban J connectivity index is 2.30. The van der Waals surface area contributed by atoms with Crippen LogP contribution < -0.4 is 11.3 Å². The van der Waals surface area contributed by atoms with E-state index in [4.69, 9.17) is 5.84 Å². The Bertz CT molecular complexity index is 575. The summed E-state index contributed by atoms with van der Waals surface area (Å²) in [6.45, 7) is 5.31. The smallest absolute Gasteiger partial charge is 0.246 e. The molecule has 1 saturated heterocycles. The number of nitrogens with zero attached hydrogens (tertiary/aromatic N) is 2. The number of nitrogens with two attached hydrogens (primary N) is 1. The van der Waals surface area contributed by atoms with Gasteiger partial charge < -0.3 is 5.43 Å². The largest absolute Gasteiger partial charge is 0.307 e. The standard InChI is InChI=1S/C12H20N4O2S2/c1-12(2)5-7-16(8-9-19-12)20(17,18)10-4-3-6-14-11(10)15-13/h3-4,6H,5,7-9,13H2,1-2H3,(H,14,15). The van der Waals surface area contributed by atoms with E-state index in [1.54, 1.807) is 17.8 Å². The molecule has 1 aromatic heterocycles. The highest BCUT2D eigenvalue weighted by molar-refractivity contribution is 8.00. The zero-order chi connectivity index (χ0) is 14.8. The number of nitrogens with one attached hydrogen (secondary N) is 1. The van der Waals surface area contributed by atoms with E-state index in [9.17, 15) is 8.42 Å². The summed E-state index contributed by atoms with van der Waals surface area (Å²) in [6.07, 6.45) is 2.33. The fourth-order valence-electron chi connectivity index (χ4n) is 2.09. The molecule has 20 heavy (non-hydrogen) atoms. The van der Waals surface area contributed by atoms with Crippen molar-refractivity contribution in [3.05, 3.63) is 18.3 Å². The minimum atomic E-state index is -3.56. The molecule has 0 spiro atoms. The maximum Gasteiger partial charge on any atom is 0.246 e. The van der Waals surface area contributed by atoms with Crippen molar-refractivity contribution in [2.45, 2.75) is 29.9 Å². The molecular formula is C12H20N4O2S2. The van der Waals surface area contributed by atoms with Gasteiger partial charge in [-0.25, -0.2) is 19.2 Å². The normalized spacial score (nSPS) is 20.4. The van der Waals surface area contributed by atoms with E-state index in [0.29, 0.717) is 13.1 Å². The first-order valence-corrected chi connectivity index (χ1v) is 8.85. The van der Waals surface area contributed by atoms with Crippen LogP contribution >= 0.6 is 11.8 Å². The first-order chi connectivity index (χ1) is 9.37. The van der Waals surface area contributed by atoms with Crippen LogP contribution in [0.1, 0.15) is 20.3 Å². The maximum absolute atomic E-state index is 12.7. The number of anilines is 1. The van der Waals surface area contributed by atoms with Gasteiger partial charge in [-0.3, -0.25) is 0 Å². The molecule has 0 atom stereocenters. The molecule has 0 aliphatic carbocycles. The van der Waals surface area contributed by atoms with Crippen molar-refractivity contribution in [1.82, 2.24) is 9.29 Å². The lowest BCUT2D eigenvalue weighted by Gasteiger charge is -2.23. The molecule has 112 valence electrons. The van der Waals surface area contributed by atoms with Gasteiger partial charge in [-0.05, 0) is 18.6 Å². The second kappa shape index (κ2) is 5.88. The predicted octanol–water partition coefficient (Wildman–Crippen LogP) is 1.27. The number of rotatable bonds is 3. The van der Waals surface area contributed by atoms with Gasteiger partial charge in [0, 0.05) is 29.8 Å². The van der Waals surface area contributed by atoms with Crippen LogP contribution in [0.25, 0.3) is 0 Å². The fraction of sp³-hybridized carbons (Fsp3) is 0.583. The predicted molar refractivity (Wildman–Crippen MR) is 82.0 cm³/mol. The van der Waals surface area contributed by atoms with Gasteiger partial charge >= 0.3 is 0 Å². The molecule has 0 saturated carbocycles. The van der Waals surface area contributed by atoms with Crippen LogP contribution in [0.2, 0.25) is 0 Å². The van der Waals surface area contributed by atoms with Crippen molar-refractivity contribution >= 4 is 27.6 Å². The van der Waals surface area contributed by atoms with E-state index >= 15 is 0 Å². The fourth-order valence-corrected chi connectivity index (χ4v) is 4.85. The van der Waals surface area contributed by atoms with Crippen LogP contribution in [0.15, 0.2) is 23.2 Å². The molecule has 2 rings (SSSR count). The lowest BCUT2D eigenvalue weighted by Crippen LogP contribution is -2.34. The van der Waals surface area contributed by atoms with Crippen LogP contribution in [0.5, 0.6) is 0 Å². The lowest BCUT2D eigenvalue weighted by atomic mass is 10.1. The van der Waals surface area contributed by atoms with E-state index in [-0.39, 0.29) is 15.5 Å². The Kier molecular flexibility index (Phi) is 4.58. The number of sulfonamides is 1. The van der Waals surface area contributed by atoms with Crippen LogP contribution in [0.4, 0.5) is 5.82 Å². The molecule has 8 heteroatoms. The van der Waals surface area contributed by atoms with Gasteiger partial charge in [0.2, 0.25) is 10.0 Å². The molecule has 1 aliphatic rings. The number of nitrogen functional groups attached to an aromatic ring is 1. The van der Waals surface area contributed by atoms with Crippen molar-refractivity contribution in [3.63, 3.8) is 0 Å². The van der Waals surface area contributed by atoms with Crippen LogP contribution in [-0.2, 0) is 10.0 Å². The summed E-state index contributed by atoms with van der Waals surface area (Å²) in [5.74, 6) is 6.32. The van der Waals surface area contributed by atoms with E-state index in [1.807, 2.05) is 0 Å². The number of aromatic nitrogens is 1. The third-order valence-corrected chi connectivity index (χ3v) is 6.62. The molecule has 6 nitrogen and oxygen atoms in total. The Hall–Kier alpha value is -0.830. The number of hydrazine groups is 1. The van der Waals surface area contributed by atoms with Crippen molar-refractivity contribution in [3.8, 4) is 0 Å². The molecule has 3 N–H and O–H groups in total. The zero-order valence-electron chi connectivity index (χ0n) is 11.7. The summed E-state index contributed by atoms with van der Waals surface area (Å²) in [4.78, 5) is 4.09. The highest BCUT2D eigenvalue weighted by atomic mass is 32.2. The molecule has 1 aliphatic heterocycles. The Morgan fingerprint density at radius 3 is 2.90 bits per heavy atom. The molecule has 0 radical (unpaired) electrons. The van der Waals surface area contributed by atoms with Gasteiger partial charge in [-0.15, -0.1) is 0 Å². The van der Waals surface area contributed by atoms with Crippen molar-refractivity contribution in [2.24, 2.45) is 5.84 Å². The number of hydrogen-bond donors (Lipinski definition) is 2. The first-order valence-electron chi connectivity index (χ1n) is 6.42. The topological polar surface area (TPSA) is 88.3 Å². The average molecular weight is 316 g/mol. The highest BCUT2D eigenvalue weighted by Crippen LogP contribution is 2.33. The highest BCUT2D eigenvalue weighted by Gasteiger charge is 2.32. The first kappa shape index (κ1) is 15.6. The molecular weight excluding hydrogens is 296 g/mol. The summed E-state index contributed by atoms with van der Waals surface area (Å²) in [6, 6.07) is 3.13. The van der Waals surface area contributed by atoms with E-state index < -0.39 is 10.0 Å². The number of pyridine rings is 1. The molecule has 0 amide bonds. The quantitative estimate of drug-likeness (QED) is 0.645. The second-order valence-electron chi connectivity index (χ2n) is 5.26. The van der Waals surface area contributed by atoms with Crippen molar-refractivity contribution in [1.29, 1.82) is 0 Å². The second-order valence-corrected chi connectivity index (χ2v) is 8.97. The molecule has 1 fully saturated rings. The molecule has 0 unspecified atom stereocenters. The van der Waals surface area contributed by atoms with Crippen LogP contribution in [0.3, 0.4) is 0 Å². The van der Waals surface area contributed by atoms with Gasteiger partial charge in [0.25, 0.3) is 0 Å². The van der Waals surface area contributed by atoms with E-state index in [2.05, 4.69) is 24.3 Å². The van der Waals surface area contributed by atoms with Crippen LogP contribution in [0, 0.1) is 0 Å². The molecule has 0 aromatic carbocycles. The Labute approximate surface area is 124 Å². The van der Waals surface area contributed by atoms with Crippen molar-refractivity contribution in [2.75, 3.05) is 24.3 Å². The SMILES string of the molecule is CC1(C)CCN(S(=O)(=O)c2cccnc2NN)CCS1. The maximum atomic E-state index is 12.7. The molecule has 1 aromatic rings. The summed E-state index contributed by atoms with van der Waals surface area (Å²) in [5, 5.41) is 0. The summed E-state index contributed by atoms with van der Waals surface area (Å²) >= 11 is 1.80.